The second-order valence-electron chi connectivity index (χ2n) is 6.55. The van der Waals surface area contributed by atoms with Gasteiger partial charge in [0.15, 0.2) is 5.96 Å². The molecule has 142 valence electrons. The zero-order chi connectivity index (χ0) is 16.5. The van der Waals surface area contributed by atoms with Gasteiger partial charge < -0.3 is 10.6 Å². The zero-order valence-electron chi connectivity index (χ0n) is 14.8. The van der Waals surface area contributed by atoms with Gasteiger partial charge in [-0.05, 0) is 32.1 Å². The van der Waals surface area contributed by atoms with Gasteiger partial charge in [-0.15, -0.1) is 24.0 Å². The molecule has 0 spiro atoms. The van der Waals surface area contributed by atoms with Crippen LogP contribution < -0.4 is 10.6 Å². The standard InChI is InChI=1S/C16H32N4O2S.HI/c1-2-17-16(18-10-5-9-15-7-3-4-8-15)19-11-13-20-12-6-14-23(20,21)22;/h15H,2-14H2,1H3,(H2,17,18,19);1H. The van der Waals surface area contributed by atoms with Gasteiger partial charge in [0.25, 0.3) is 0 Å². The fraction of sp³-hybridized carbons (Fsp3) is 0.938. The molecule has 0 aromatic carbocycles. The van der Waals surface area contributed by atoms with Gasteiger partial charge in [-0.2, -0.15) is 0 Å². The summed E-state index contributed by atoms with van der Waals surface area (Å²) in [5.41, 5.74) is 0. The van der Waals surface area contributed by atoms with Gasteiger partial charge in [0.2, 0.25) is 10.0 Å². The van der Waals surface area contributed by atoms with Crippen molar-refractivity contribution in [2.24, 2.45) is 10.9 Å². The van der Waals surface area contributed by atoms with Crippen LogP contribution in [0.5, 0.6) is 0 Å². The van der Waals surface area contributed by atoms with E-state index in [1.807, 2.05) is 6.92 Å². The second kappa shape index (κ2) is 11.5. The van der Waals surface area contributed by atoms with Crippen LogP contribution in [-0.4, -0.2) is 57.2 Å². The summed E-state index contributed by atoms with van der Waals surface area (Å²) in [4.78, 5) is 4.60. The highest BCUT2D eigenvalue weighted by Gasteiger charge is 2.27. The van der Waals surface area contributed by atoms with Gasteiger partial charge >= 0.3 is 0 Å². The van der Waals surface area contributed by atoms with E-state index in [2.05, 4.69) is 15.6 Å². The lowest BCUT2D eigenvalue weighted by atomic mass is 10.0. The van der Waals surface area contributed by atoms with E-state index in [0.29, 0.717) is 25.4 Å². The summed E-state index contributed by atoms with van der Waals surface area (Å²) < 4.78 is 25.1. The second-order valence-corrected chi connectivity index (χ2v) is 8.64. The lowest BCUT2D eigenvalue weighted by Crippen LogP contribution is -2.42. The Morgan fingerprint density at radius 1 is 1.21 bits per heavy atom. The van der Waals surface area contributed by atoms with E-state index in [1.54, 1.807) is 4.31 Å². The number of guanidine groups is 1. The first-order chi connectivity index (χ1) is 11.1. The molecular weight excluding hydrogens is 439 g/mol. The number of nitrogens with zero attached hydrogens (tertiary/aromatic N) is 2. The lowest BCUT2D eigenvalue weighted by Gasteiger charge is -2.16. The van der Waals surface area contributed by atoms with Gasteiger partial charge in [0, 0.05) is 32.7 Å². The molecule has 1 aliphatic heterocycles. The summed E-state index contributed by atoms with van der Waals surface area (Å²) in [5, 5.41) is 6.47. The molecule has 1 heterocycles. The van der Waals surface area contributed by atoms with E-state index in [1.165, 1.54) is 32.1 Å². The first-order valence-electron chi connectivity index (χ1n) is 9.12. The minimum absolute atomic E-state index is 0. The number of halogens is 1. The average Bonchev–Trinajstić information content (AvgIpc) is 3.13. The normalized spacial score (nSPS) is 21.6. The summed E-state index contributed by atoms with van der Waals surface area (Å²) >= 11 is 0. The number of nitrogens with one attached hydrogen (secondary N) is 2. The van der Waals surface area contributed by atoms with E-state index >= 15 is 0 Å². The first-order valence-corrected chi connectivity index (χ1v) is 10.7. The molecule has 2 N–H and O–H groups in total. The molecule has 0 aromatic heterocycles. The Balaban J connectivity index is 0.00000288. The SMILES string of the molecule is CCNC(=NCCCC1CCCC1)NCCN1CCCS1(=O)=O.I. The van der Waals surface area contributed by atoms with Crippen molar-refractivity contribution in [3.63, 3.8) is 0 Å². The lowest BCUT2D eigenvalue weighted by molar-refractivity contribution is 0.445. The van der Waals surface area contributed by atoms with Crippen molar-refractivity contribution in [2.75, 3.05) is 38.5 Å². The molecule has 24 heavy (non-hydrogen) atoms. The molecule has 0 aromatic rings. The fourth-order valence-corrected chi connectivity index (χ4v) is 4.98. The van der Waals surface area contributed by atoms with Crippen LogP contribution >= 0.6 is 24.0 Å². The van der Waals surface area contributed by atoms with E-state index in [4.69, 9.17) is 0 Å². The quantitative estimate of drug-likeness (QED) is 0.246. The van der Waals surface area contributed by atoms with Gasteiger partial charge in [-0.3, -0.25) is 4.99 Å². The molecule has 2 rings (SSSR count). The highest BCUT2D eigenvalue weighted by molar-refractivity contribution is 14.0. The molecule has 1 aliphatic carbocycles. The van der Waals surface area contributed by atoms with Crippen molar-refractivity contribution >= 4 is 40.0 Å². The minimum atomic E-state index is -2.99. The van der Waals surface area contributed by atoms with E-state index in [9.17, 15) is 8.42 Å². The Hall–Kier alpha value is -0.0900. The van der Waals surface area contributed by atoms with Gasteiger partial charge in [-0.25, -0.2) is 12.7 Å². The summed E-state index contributed by atoms with van der Waals surface area (Å²) in [6, 6.07) is 0. The number of hydrogen-bond acceptors (Lipinski definition) is 3. The molecule has 0 radical (unpaired) electrons. The van der Waals surface area contributed by atoms with Crippen molar-refractivity contribution in [2.45, 2.75) is 51.9 Å². The maximum absolute atomic E-state index is 11.8. The van der Waals surface area contributed by atoms with Gasteiger partial charge in [0.1, 0.15) is 0 Å². The van der Waals surface area contributed by atoms with Crippen LogP contribution in [0, 0.1) is 5.92 Å². The summed E-state index contributed by atoms with van der Waals surface area (Å²) in [7, 11) is -2.99. The molecule has 6 nitrogen and oxygen atoms in total. The molecular formula is C16H33IN4O2S. The van der Waals surface area contributed by atoms with Crippen LogP contribution in [-0.2, 0) is 10.0 Å². The Morgan fingerprint density at radius 2 is 1.96 bits per heavy atom. The maximum atomic E-state index is 11.8. The zero-order valence-corrected chi connectivity index (χ0v) is 17.9. The largest absolute Gasteiger partial charge is 0.357 e. The van der Waals surface area contributed by atoms with Crippen molar-refractivity contribution in [1.82, 2.24) is 14.9 Å². The summed E-state index contributed by atoms with van der Waals surface area (Å²) in [6.45, 7) is 5.48. The Labute approximate surface area is 164 Å². The minimum Gasteiger partial charge on any atom is -0.357 e. The highest BCUT2D eigenvalue weighted by Crippen LogP contribution is 2.28. The maximum Gasteiger partial charge on any atom is 0.214 e. The first kappa shape index (κ1) is 22.0. The molecule has 0 bridgehead atoms. The predicted molar refractivity (Wildman–Crippen MR) is 111 cm³/mol. The van der Waals surface area contributed by atoms with Crippen LogP contribution in [0.15, 0.2) is 4.99 Å². The molecule has 0 unspecified atom stereocenters. The van der Waals surface area contributed by atoms with Crippen molar-refractivity contribution in [3.8, 4) is 0 Å². The molecule has 2 fully saturated rings. The van der Waals surface area contributed by atoms with Crippen LogP contribution in [0.2, 0.25) is 0 Å². The van der Waals surface area contributed by atoms with Gasteiger partial charge in [0.05, 0.1) is 5.75 Å². The number of aliphatic imine (C=N–C) groups is 1. The number of hydrogen-bond donors (Lipinski definition) is 2. The third-order valence-corrected chi connectivity index (χ3v) is 6.67. The van der Waals surface area contributed by atoms with E-state index < -0.39 is 10.0 Å². The van der Waals surface area contributed by atoms with Crippen LogP contribution in [0.25, 0.3) is 0 Å². The monoisotopic (exact) mass is 472 g/mol. The van der Waals surface area contributed by atoms with Gasteiger partial charge in [-0.1, -0.05) is 25.7 Å². The molecule has 0 amide bonds. The van der Waals surface area contributed by atoms with E-state index in [-0.39, 0.29) is 24.0 Å². The van der Waals surface area contributed by atoms with E-state index in [0.717, 1.165) is 37.8 Å². The number of rotatable bonds is 8. The molecule has 0 atom stereocenters. The third-order valence-electron chi connectivity index (χ3n) is 4.72. The predicted octanol–water partition coefficient (Wildman–Crippen LogP) is 2.17. The Morgan fingerprint density at radius 3 is 2.58 bits per heavy atom. The fourth-order valence-electron chi connectivity index (χ4n) is 3.45. The van der Waals surface area contributed by atoms with Crippen LogP contribution in [0.3, 0.4) is 0 Å². The Bertz CT molecular complexity index is 478. The van der Waals surface area contributed by atoms with Crippen molar-refractivity contribution < 1.29 is 8.42 Å². The summed E-state index contributed by atoms with van der Waals surface area (Å²) in [6.07, 6.45) is 8.77. The Kier molecular flexibility index (Phi) is 10.5. The molecule has 2 aliphatic rings. The summed E-state index contributed by atoms with van der Waals surface area (Å²) in [5.74, 6) is 2.01. The van der Waals surface area contributed by atoms with Crippen molar-refractivity contribution in [1.29, 1.82) is 0 Å². The smallest absolute Gasteiger partial charge is 0.214 e. The molecule has 8 heteroatoms. The number of sulfonamides is 1. The molecule has 1 saturated heterocycles. The third kappa shape index (κ3) is 7.43. The van der Waals surface area contributed by atoms with Crippen molar-refractivity contribution in [3.05, 3.63) is 0 Å². The van der Waals surface area contributed by atoms with Crippen LogP contribution in [0.1, 0.15) is 51.9 Å². The van der Waals surface area contributed by atoms with Crippen LogP contribution in [0.4, 0.5) is 0 Å². The average molecular weight is 472 g/mol. The highest BCUT2D eigenvalue weighted by atomic mass is 127. The molecule has 1 saturated carbocycles. The topological polar surface area (TPSA) is 73.8 Å².